The zero-order chi connectivity index (χ0) is 23.7. The van der Waals surface area contributed by atoms with E-state index in [1.54, 1.807) is 14.2 Å². The van der Waals surface area contributed by atoms with Crippen molar-refractivity contribution < 1.29 is 24.5 Å². The number of hydrogen-bond acceptors (Lipinski definition) is 5. The second kappa shape index (κ2) is 11.7. The summed E-state index contributed by atoms with van der Waals surface area (Å²) in [7, 11) is 3.21. The molecule has 2 rings (SSSR count). The fraction of sp³-hybridized carbons (Fsp3) is 0.480. The molecule has 2 aromatic rings. The van der Waals surface area contributed by atoms with Gasteiger partial charge in [0.2, 0.25) is 0 Å². The smallest absolute Gasteiger partial charge is 0.408 e. The molecule has 0 spiro atoms. The van der Waals surface area contributed by atoms with Crippen molar-refractivity contribution in [2.45, 2.75) is 51.3 Å². The molecule has 1 amide bonds. The summed E-state index contributed by atoms with van der Waals surface area (Å²) in [6.07, 6.45) is -0.814. The van der Waals surface area contributed by atoms with Crippen LogP contribution in [0.3, 0.4) is 0 Å². The van der Waals surface area contributed by atoms with E-state index >= 15 is 0 Å². The molecular formula is C25H36N2O5. The summed E-state index contributed by atoms with van der Waals surface area (Å²) in [6.45, 7) is 6.39. The number of para-hydroxylation sites is 1. The summed E-state index contributed by atoms with van der Waals surface area (Å²) in [5.41, 5.74) is 1.32. The van der Waals surface area contributed by atoms with Crippen LogP contribution in [0.2, 0.25) is 0 Å². The number of hydrogen-bond donors (Lipinski definition) is 3. The zero-order valence-corrected chi connectivity index (χ0v) is 19.7. The molecule has 0 aliphatic heterocycles. The molecule has 0 bridgehead atoms. The quantitative estimate of drug-likeness (QED) is 0.459. The molecule has 32 heavy (non-hydrogen) atoms. The van der Waals surface area contributed by atoms with E-state index in [1.807, 2.05) is 69.3 Å². The molecule has 0 aliphatic carbocycles. The standard InChI is InChI=1S/C25H36N2O5/c1-25(2,3)27(24(29)30)20(16-18-10-7-6-8-11-18)21(28)17-26-15-14-19-12-9-13-22(31-4)23(19)32-5/h6-13,20-21,26,28H,14-17H2,1-5H3,(H,29,30)/t20-,21+/m0/s1. The van der Waals surface area contributed by atoms with Gasteiger partial charge in [0.1, 0.15) is 0 Å². The second-order valence-electron chi connectivity index (χ2n) is 8.75. The van der Waals surface area contributed by atoms with Crippen LogP contribution in [0.5, 0.6) is 11.5 Å². The normalized spacial score (nSPS) is 13.3. The maximum absolute atomic E-state index is 12.1. The van der Waals surface area contributed by atoms with Gasteiger partial charge in [0, 0.05) is 12.1 Å². The van der Waals surface area contributed by atoms with Crippen LogP contribution in [0.4, 0.5) is 4.79 Å². The Morgan fingerprint density at radius 3 is 2.31 bits per heavy atom. The first kappa shape index (κ1) is 25.5. The van der Waals surface area contributed by atoms with Crippen LogP contribution in [-0.4, -0.2) is 66.2 Å². The minimum atomic E-state index is -1.04. The first-order chi connectivity index (χ1) is 15.2. The molecule has 0 unspecified atom stereocenters. The van der Waals surface area contributed by atoms with Crippen LogP contribution >= 0.6 is 0 Å². The van der Waals surface area contributed by atoms with Crippen molar-refractivity contribution >= 4 is 6.09 Å². The van der Waals surface area contributed by atoms with Crippen molar-refractivity contribution in [1.82, 2.24) is 10.2 Å². The van der Waals surface area contributed by atoms with Crippen LogP contribution in [0.1, 0.15) is 31.9 Å². The third-order valence-electron chi connectivity index (χ3n) is 5.40. The van der Waals surface area contributed by atoms with Gasteiger partial charge in [-0.3, -0.25) is 4.90 Å². The molecule has 0 heterocycles. The Hall–Kier alpha value is -2.77. The average molecular weight is 445 g/mol. The predicted molar refractivity (Wildman–Crippen MR) is 126 cm³/mol. The van der Waals surface area contributed by atoms with Gasteiger partial charge >= 0.3 is 6.09 Å². The van der Waals surface area contributed by atoms with E-state index < -0.39 is 23.8 Å². The molecule has 0 aromatic heterocycles. The number of methoxy groups -OCH3 is 2. The van der Waals surface area contributed by atoms with Crippen molar-refractivity contribution in [3.05, 3.63) is 59.7 Å². The molecule has 0 saturated heterocycles. The molecular weight excluding hydrogens is 408 g/mol. The fourth-order valence-electron chi connectivity index (χ4n) is 3.94. The average Bonchev–Trinajstić information content (AvgIpc) is 2.75. The van der Waals surface area contributed by atoms with Crippen molar-refractivity contribution in [1.29, 1.82) is 0 Å². The molecule has 7 nitrogen and oxygen atoms in total. The van der Waals surface area contributed by atoms with E-state index in [9.17, 15) is 15.0 Å². The van der Waals surface area contributed by atoms with Crippen molar-refractivity contribution in [3.8, 4) is 11.5 Å². The van der Waals surface area contributed by atoms with Gasteiger partial charge in [0.15, 0.2) is 11.5 Å². The van der Waals surface area contributed by atoms with Gasteiger partial charge in [0.05, 0.1) is 26.4 Å². The maximum Gasteiger partial charge on any atom is 0.408 e. The number of rotatable bonds is 11. The fourth-order valence-corrected chi connectivity index (χ4v) is 3.94. The Balaban J connectivity index is 2.08. The summed E-state index contributed by atoms with van der Waals surface area (Å²) in [5.74, 6) is 1.37. The Bertz CT molecular complexity index is 851. The largest absolute Gasteiger partial charge is 0.493 e. The van der Waals surface area contributed by atoms with Crippen molar-refractivity contribution in [2.24, 2.45) is 0 Å². The number of carbonyl (C=O) groups is 1. The molecule has 7 heteroatoms. The van der Waals surface area contributed by atoms with Crippen LogP contribution in [0.15, 0.2) is 48.5 Å². The minimum Gasteiger partial charge on any atom is -0.493 e. The molecule has 176 valence electrons. The monoisotopic (exact) mass is 444 g/mol. The van der Waals surface area contributed by atoms with Gasteiger partial charge in [-0.25, -0.2) is 4.79 Å². The van der Waals surface area contributed by atoms with E-state index in [-0.39, 0.29) is 6.54 Å². The summed E-state index contributed by atoms with van der Waals surface area (Å²) in [6, 6.07) is 14.8. The number of amides is 1. The lowest BCUT2D eigenvalue weighted by molar-refractivity contribution is 0.00792. The number of nitrogens with zero attached hydrogens (tertiary/aromatic N) is 1. The maximum atomic E-state index is 12.1. The summed E-state index contributed by atoms with van der Waals surface area (Å²) in [4.78, 5) is 13.5. The molecule has 0 aliphatic rings. The third-order valence-corrected chi connectivity index (χ3v) is 5.40. The lowest BCUT2D eigenvalue weighted by Crippen LogP contribution is -2.58. The van der Waals surface area contributed by atoms with E-state index in [4.69, 9.17) is 9.47 Å². The van der Waals surface area contributed by atoms with E-state index in [0.717, 1.165) is 11.1 Å². The molecule has 2 atom stereocenters. The van der Waals surface area contributed by atoms with Gasteiger partial charge in [-0.2, -0.15) is 0 Å². The Labute approximate surface area is 191 Å². The van der Waals surface area contributed by atoms with E-state index in [2.05, 4.69) is 5.32 Å². The number of benzene rings is 2. The Morgan fingerprint density at radius 2 is 1.75 bits per heavy atom. The lowest BCUT2D eigenvalue weighted by Gasteiger charge is -2.42. The minimum absolute atomic E-state index is 0.268. The van der Waals surface area contributed by atoms with E-state index in [1.165, 1.54) is 4.90 Å². The lowest BCUT2D eigenvalue weighted by atomic mass is 9.94. The van der Waals surface area contributed by atoms with Gasteiger partial charge in [-0.05, 0) is 57.4 Å². The highest BCUT2D eigenvalue weighted by Gasteiger charge is 2.37. The van der Waals surface area contributed by atoms with Gasteiger partial charge in [0.25, 0.3) is 0 Å². The zero-order valence-electron chi connectivity index (χ0n) is 19.7. The van der Waals surface area contributed by atoms with Gasteiger partial charge in [-0.1, -0.05) is 42.5 Å². The highest BCUT2D eigenvalue weighted by molar-refractivity contribution is 5.66. The number of aliphatic hydroxyl groups is 1. The van der Waals surface area contributed by atoms with Crippen molar-refractivity contribution in [2.75, 3.05) is 27.3 Å². The van der Waals surface area contributed by atoms with E-state index in [0.29, 0.717) is 30.9 Å². The number of carboxylic acid groups (broad SMARTS) is 1. The van der Waals surface area contributed by atoms with Crippen LogP contribution in [0.25, 0.3) is 0 Å². The SMILES string of the molecule is COc1cccc(CCNC[C@@H](O)[C@H](Cc2ccccc2)N(C(=O)O)C(C)(C)C)c1OC. The summed E-state index contributed by atoms with van der Waals surface area (Å²) >= 11 is 0. The molecule has 0 radical (unpaired) electrons. The number of ether oxygens (including phenoxy) is 2. The summed E-state index contributed by atoms with van der Waals surface area (Å²) in [5, 5.41) is 24.2. The highest BCUT2D eigenvalue weighted by Crippen LogP contribution is 2.30. The second-order valence-corrected chi connectivity index (χ2v) is 8.75. The number of nitrogens with one attached hydrogen (secondary N) is 1. The van der Waals surface area contributed by atoms with Gasteiger partial charge < -0.3 is 25.0 Å². The molecule has 3 N–H and O–H groups in total. The first-order valence-corrected chi connectivity index (χ1v) is 10.8. The van der Waals surface area contributed by atoms with Crippen LogP contribution in [-0.2, 0) is 12.8 Å². The molecule has 0 saturated carbocycles. The molecule has 0 fully saturated rings. The topological polar surface area (TPSA) is 91.3 Å². The number of aliphatic hydroxyl groups excluding tert-OH is 1. The summed E-state index contributed by atoms with van der Waals surface area (Å²) < 4.78 is 10.8. The molecule has 2 aromatic carbocycles. The predicted octanol–water partition coefficient (Wildman–Crippen LogP) is 3.59. The first-order valence-electron chi connectivity index (χ1n) is 10.8. The highest BCUT2D eigenvalue weighted by atomic mass is 16.5. The van der Waals surface area contributed by atoms with Crippen LogP contribution in [0, 0.1) is 0 Å². The van der Waals surface area contributed by atoms with Gasteiger partial charge in [-0.15, -0.1) is 0 Å². The Morgan fingerprint density at radius 1 is 1.06 bits per heavy atom. The Kier molecular flexibility index (Phi) is 9.35. The van der Waals surface area contributed by atoms with Crippen molar-refractivity contribution in [3.63, 3.8) is 0 Å². The third kappa shape index (κ3) is 6.87. The van der Waals surface area contributed by atoms with Crippen LogP contribution < -0.4 is 14.8 Å².